The fourth-order valence-electron chi connectivity index (χ4n) is 2.80. The van der Waals surface area contributed by atoms with Gasteiger partial charge in [0, 0.05) is 23.8 Å². The molecule has 1 aromatic heterocycles. The quantitative estimate of drug-likeness (QED) is 0.836. The van der Waals surface area contributed by atoms with E-state index in [1.54, 1.807) is 20.8 Å². The molecule has 1 aliphatic rings. The first-order valence-electron chi connectivity index (χ1n) is 7.16. The van der Waals surface area contributed by atoms with Crippen molar-refractivity contribution in [2.24, 2.45) is 5.41 Å². The van der Waals surface area contributed by atoms with E-state index in [1.807, 2.05) is 0 Å². The molecule has 1 aliphatic carbocycles. The van der Waals surface area contributed by atoms with Crippen LogP contribution in [0.3, 0.4) is 0 Å². The van der Waals surface area contributed by atoms with Crippen LogP contribution in [-0.4, -0.2) is 40.2 Å². The fraction of sp³-hybridized carbons (Fsp3) is 0.643. The Morgan fingerprint density at radius 2 is 2.12 bits per heavy atom. The van der Waals surface area contributed by atoms with Gasteiger partial charge in [-0.1, -0.05) is 13.8 Å². The molecule has 10 heteroatoms. The van der Waals surface area contributed by atoms with Crippen molar-refractivity contribution in [3.8, 4) is 0 Å². The molecule has 2 rings (SSSR count). The molecule has 1 fully saturated rings. The number of thiazole rings is 1. The molecule has 0 radical (unpaired) electrons. The number of carbonyl (C=O) groups is 2. The number of amides is 1. The maximum Gasteiger partial charge on any atom is 0.443 e. The van der Waals surface area contributed by atoms with Crippen molar-refractivity contribution >= 4 is 23.2 Å². The van der Waals surface area contributed by atoms with E-state index < -0.39 is 39.7 Å². The molecule has 0 spiro atoms. The van der Waals surface area contributed by atoms with Crippen molar-refractivity contribution in [3.05, 3.63) is 16.1 Å². The maximum atomic E-state index is 12.6. The molecule has 1 aromatic rings. The lowest BCUT2D eigenvalue weighted by atomic mass is 9.54. The summed E-state index contributed by atoms with van der Waals surface area (Å²) in [5, 5.41) is 11.7. The Hall–Kier alpha value is -1.68. The summed E-state index contributed by atoms with van der Waals surface area (Å²) < 4.78 is 43.2. The van der Waals surface area contributed by atoms with E-state index in [2.05, 4.69) is 10.3 Å². The van der Waals surface area contributed by atoms with Crippen molar-refractivity contribution in [2.45, 2.75) is 45.0 Å². The number of aliphatic carboxylic acids is 1. The van der Waals surface area contributed by atoms with Gasteiger partial charge in [-0.2, -0.15) is 13.2 Å². The van der Waals surface area contributed by atoms with Crippen LogP contribution in [0.4, 0.5) is 13.2 Å². The Morgan fingerprint density at radius 1 is 1.50 bits per heavy atom. The molecule has 1 saturated carbocycles. The third-order valence-corrected chi connectivity index (χ3v) is 5.32. The molecular weight excluding hydrogens is 349 g/mol. The summed E-state index contributed by atoms with van der Waals surface area (Å²) in [6, 6.07) is 0. The summed E-state index contributed by atoms with van der Waals surface area (Å²) in [5.74, 6) is -2.21. The topological polar surface area (TPSA) is 88.5 Å². The number of alkyl halides is 3. The number of hydrogen-bond acceptors (Lipinski definition) is 5. The number of carbonyl (C=O) groups excluding carboxylic acids is 1. The number of ether oxygens (including phenoxy) is 1. The molecule has 1 heterocycles. The monoisotopic (exact) mass is 366 g/mol. The zero-order valence-corrected chi connectivity index (χ0v) is 14.0. The third-order valence-electron chi connectivity index (χ3n) is 4.44. The highest BCUT2D eigenvalue weighted by atomic mass is 32.1. The van der Waals surface area contributed by atoms with Crippen molar-refractivity contribution in [3.63, 3.8) is 0 Å². The lowest BCUT2D eigenvalue weighted by Gasteiger charge is -2.58. The molecule has 0 aliphatic heterocycles. The molecular formula is C14H17F3N2O4S. The average Bonchev–Trinajstić information content (AvgIpc) is 2.95. The zero-order valence-electron chi connectivity index (χ0n) is 13.2. The van der Waals surface area contributed by atoms with Gasteiger partial charge in [-0.05, 0) is 6.92 Å². The SMILES string of the molecule is CCOC1CC(NC(=O)c2csc(C(F)(F)F)n2)(C(=O)O)C1(C)C. The van der Waals surface area contributed by atoms with Gasteiger partial charge in [-0.25, -0.2) is 9.78 Å². The maximum absolute atomic E-state index is 12.6. The summed E-state index contributed by atoms with van der Waals surface area (Å²) in [4.78, 5) is 27.2. The number of carboxylic acids is 1. The Labute approximate surface area is 140 Å². The van der Waals surface area contributed by atoms with Gasteiger partial charge in [0.2, 0.25) is 0 Å². The van der Waals surface area contributed by atoms with E-state index in [1.165, 1.54) is 0 Å². The highest BCUT2D eigenvalue weighted by Crippen LogP contribution is 2.51. The van der Waals surface area contributed by atoms with Gasteiger partial charge in [0.25, 0.3) is 5.91 Å². The van der Waals surface area contributed by atoms with Gasteiger partial charge < -0.3 is 15.2 Å². The second-order valence-electron chi connectivity index (χ2n) is 6.07. The smallest absolute Gasteiger partial charge is 0.443 e. The van der Waals surface area contributed by atoms with Crippen LogP contribution in [0.5, 0.6) is 0 Å². The van der Waals surface area contributed by atoms with Crippen LogP contribution in [-0.2, 0) is 15.7 Å². The van der Waals surface area contributed by atoms with Crippen LogP contribution in [0, 0.1) is 5.41 Å². The van der Waals surface area contributed by atoms with Crippen molar-refractivity contribution in [1.82, 2.24) is 10.3 Å². The first kappa shape index (κ1) is 18.7. The van der Waals surface area contributed by atoms with Crippen LogP contribution in [0.25, 0.3) is 0 Å². The molecule has 2 N–H and O–H groups in total. The number of nitrogens with zero attached hydrogens (tertiary/aromatic N) is 1. The molecule has 2 atom stereocenters. The second kappa shape index (κ2) is 5.99. The normalized spacial score (nSPS) is 25.8. The molecule has 1 amide bonds. The number of nitrogens with one attached hydrogen (secondary N) is 1. The van der Waals surface area contributed by atoms with Crippen molar-refractivity contribution in [2.75, 3.05) is 6.61 Å². The molecule has 134 valence electrons. The van der Waals surface area contributed by atoms with Crippen molar-refractivity contribution < 1.29 is 32.6 Å². The number of aromatic nitrogens is 1. The standard InChI is InChI=1S/C14H17F3N2O4S/c1-4-23-8-5-13(11(21)22,12(8,2)3)19-9(20)7-6-24-10(18-7)14(15,16)17/h6,8H,4-5H2,1-3H3,(H,19,20)(H,21,22). The van der Waals surface area contributed by atoms with E-state index in [0.717, 1.165) is 5.38 Å². The summed E-state index contributed by atoms with van der Waals surface area (Å²) in [6.07, 6.45) is -4.99. The van der Waals surface area contributed by atoms with Gasteiger partial charge >= 0.3 is 12.1 Å². The second-order valence-corrected chi connectivity index (χ2v) is 6.93. The van der Waals surface area contributed by atoms with Crippen LogP contribution in [0.1, 0.15) is 42.7 Å². The van der Waals surface area contributed by atoms with E-state index in [0.29, 0.717) is 6.61 Å². The largest absolute Gasteiger partial charge is 0.479 e. The van der Waals surface area contributed by atoms with Gasteiger partial charge in [0.15, 0.2) is 5.01 Å². The lowest BCUT2D eigenvalue weighted by Crippen LogP contribution is -2.76. The Bertz CT molecular complexity index is 659. The summed E-state index contributed by atoms with van der Waals surface area (Å²) in [7, 11) is 0. The average molecular weight is 366 g/mol. The van der Waals surface area contributed by atoms with Gasteiger partial charge in [-0.3, -0.25) is 4.79 Å². The number of hydrogen-bond donors (Lipinski definition) is 2. The van der Waals surface area contributed by atoms with Crippen LogP contribution < -0.4 is 5.32 Å². The minimum absolute atomic E-state index is 0.0329. The summed E-state index contributed by atoms with van der Waals surface area (Å²) >= 11 is 0.284. The summed E-state index contributed by atoms with van der Waals surface area (Å²) in [6.45, 7) is 5.42. The van der Waals surface area contributed by atoms with Gasteiger partial charge in [0.1, 0.15) is 11.2 Å². The number of halogens is 3. The summed E-state index contributed by atoms with van der Waals surface area (Å²) in [5.41, 5.74) is -3.00. The lowest BCUT2D eigenvalue weighted by molar-refractivity contribution is -0.190. The molecule has 0 bridgehead atoms. The van der Waals surface area contributed by atoms with Crippen LogP contribution in [0.2, 0.25) is 0 Å². The third kappa shape index (κ3) is 2.88. The highest BCUT2D eigenvalue weighted by Gasteiger charge is 2.66. The minimum atomic E-state index is -4.65. The molecule has 2 unspecified atom stereocenters. The Kier molecular flexibility index (Phi) is 4.66. The first-order chi connectivity index (χ1) is 11.0. The van der Waals surface area contributed by atoms with Crippen molar-refractivity contribution in [1.29, 1.82) is 0 Å². The molecule has 24 heavy (non-hydrogen) atoms. The number of rotatable bonds is 5. The van der Waals surface area contributed by atoms with E-state index in [4.69, 9.17) is 4.74 Å². The van der Waals surface area contributed by atoms with Crippen LogP contribution >= 0.6 is 11.3 Å². The van der Waals surface area contributed by atoms with E-state index in [-0.39, 0.29) is 23.9 Å². The molecule has 6 nitrogen and oxygen atoms in total. The first-order valence-corrected chi connectivity index (χ1v) is 8.04. The Morgan fingerprint density at radius 3 is 2.54 bits per heavy atom. The van der Waals surface area contributed by atoms with Gasteiger partial charge in [0.05, 0.1) is 6.10 Å². The molecule has 0 saturated heterocycles. The Balaban J connectivity index is 2.22. The predicted molar refractivity (Wildman–Crippen MR) is 78.8 cm³/mol. The van der Waals surface area contributed by atoms with Gasteiger partial charge in [-0.15, -0.1) is 11.3 Å². The van der Waals surface area contributed by atoms with E-state index in [9.17, 15) is 27.9 Å². The number of carboxylic acid groups (broad SMARTS) is 1. The molecule has 0 aromatic carbocycles. The highest BCUT2D eigenvalue weighted by molar-refractivity contribution is 7.09. The van der Waals surface area contributed by atoms with E-state index >= 15 is 0 Å². The zero-order chi connectivity index (χ0) is 18.3. The fourth-order valence-corrected chi connectivity index (χ4v) is 3.47. The predicted octanol–water partition coefficient (Wildman–Crippen LogP) is 2.55. The minimum Gasteiger partial charge on any atom is -0.479 e. The van der Waals surface area contributed by atoms with Crippen LogP contribution in [0.15, 0.2) is 5.38 Å².